The van der Waals surface area contributed by atoms with Crippen LogP contribution in [0.2, 0.25) is 0 Å². The summed E-state index contributed by atoms with van der Waals surface area (Å²) in [6.07, 6.45) is 0.514. The number of halogens is 1. The van der Waals surface area contributed by atoms with Crippen LogP contribution in [0.5, 0.6) is 0 Å². The summed E-state index contributed by atoms with van der Waals surface area (Å²) < 4.78 is 13.0. The number of allylic oxidation sites excluding steroid dienone is 1. The summed E-state index contributed by atoms with van der Waals surface area (Å²) in [5.41, 5.74) is -0.0368. The highest BCUT2D eigenvalue weighted by molar-refractivity contribution is 5.04. The van der Waals surface area contributed by atoms with E-state index >= 15 is 0 Å². The smallest absolute Gasteiger partial charge is 0.139 e. The SMILES string of the molecule is C=C(C)CC1(F)CNC1. The monoisotopic (exact) mass is 129 g/mol. The molecule has 9 heavy (non-hydrogen) atoms. The molecule has 0 unspecified atom stereocenters. The second kappa shape index (κ2) is 2.10. The van der Waals surface area contributed by atoms with Crippen molar-refractivity contribution in [3.05, 3.63) is 12.2 Å². The maximum absolute atomic E-state index is 13.0. The Morgan fingerprint density at radius 3 is 2.44 bits per heavy atom. The molecule has 1 fully saturated rings. The van der Waals surface area contributed by atoms with Crippen molar-refractivity contribution >= 4 is 0 Å². The lowest BCUT2D eigenvalue weighted by Crippen LogP contribution is -2.56. The van der Waals surface area contributed by atoms with Gasteiger partial charge in [0.05, 0.1) is 0 Å². The highest BCUT2D eigenvalue weighted by Crippen LogP contribution is 2.23. The van der Waals surface area contributed by atoms with Crippen molar-refractivity contribution in [3.63, 3.8) is 0 Å². The Bertz CT molecular complexity index is 127. The fourth-order valence-corrected chi connectivity index (χ4v) is 1.06. The lowest BCUT2D eigenvalue weighted by molar-refractivity contribution is 0.0913. The van der Waals surface area contributed by atoms with Crippen molar-refractivity contribution < 1.29 is 4.39 Å². The summed E-state index contributed by atoms with van der Waals surface area (Å²) in [4.78, 5) is 0. The maximum Gasteiger partial charge on any atom is 0.139 e. The van der Waals surface area contributed by atoms with E-state index in [0.717, 1.165) is 5.57 Å². The fraction of sp³-hybridized carbons (Fsp3) is 0.714. The van der Waals surface area contributed by atoms with Gasteiger partial charge in [0.1, 0.15) is 5.67 Å². The molecule has 1 aliphatic heterocycles. The van der Waals surface area contributed by atoms with Gasteiger partial charge in [-0.05, 0) is 6.92 Å². The van der Waals surface area contributed by atoms with E-state index in [9.17, 15) is 4.39 Å². The average molecular weight is 129 g/mol. The number of hydrogen-bond donors (Lipinski definition) is 1. The maximum atomic E-state index is 13.0. The number of alkyl halides is 1. The topological polar surface area (TPSA) is 12.0 Å². The highest BCUT2D eigenvalue weighted by Gasteiger charge is 2.36. The van der Waals surface area contributed by atoms with Crippen LogP contribution in [0.1, 0.15) is 13.3 Å². The summed E-state index contributed by atoms with van der Waals surface area (Å²) in [5.74, 6) is 0. The first-order chi connectivity index (χ1) is 4.12. The highest BCUT2D eigenvalue weighted by atomic mass is 19.1. The first-order valence-corrected chi connectivity index (χ1v) is 3.16. The molecule has 0 bridgehead atoms. The molecule has 2 heteroatoms. The minimum absolute atomic E-state index is 0.500. The summed E-state index contributed by atoms with van der Waals surface area (Å²) >= 11 is 0. The Hall–Kier alpha value is -0.370. The van der Waals surface area contributed by atoms with E-state index in [1.807, 2.05) is 6.92 Å². The van der Waals surface area contributed by atoms with Crippen molar-refractivity contribution in [1.82, 2.24) is 5.32 Å². The van der Waals surface area contributed by atoms with Gasteiger partial charge in [-0.15, -0.1) is 6.58 Å². The standard InChI is InChI=1S/C7H12FN/c1-6(2)3-7(8)4-9-5-7/h9H,1,3-5H2,2H3. The van der Waals surface area contributed by atoms with Crippen molar-refractivity contribution in [2.24, 2.45) is 0 Å². The Balaban J connectivity index is 2.33. The van der Waals surface area contributed by atoms with Crippen molar-refractivity contribution in [2.75, 3.05) is 13.1 Å². The van der Waals surface area contributed by atoms with Crippen molar-refractivity contribution in [1.29, 1.82) is 0 Å². The van der Waals surface area contributed by atoms with Gasteiger partial charge in [-0.3, -0.25) is 0 Å². The van der Waals surface area contributed by atoms with E-state index in [0.29, 0.717) is 19.5 Å². The van der Waals surface area contributed by atoms with Crippen LogP contribution < -0.4 is 5.32 Å². The molecule has 0 atom stereocenters. The minimum Gasteiger partial charge on any atom is -0.310 e. The predicted molar refractivity (Wildman–Crippen MR) is 36.1 cm³/mol. The molecule has 0 aromatic heterocycles. The molecule has 0 spiro atoms. The third-order valence-electron chi connectivity index (χ3n) is 1.50. The van der Waals surface area contributed by atoms with E-state index in [1.165, 1.54) is 0 Å². The van der Waals surface area contributed by atoms with Gasteiger partial charge in [-0.1, -0.05) is 5.57 Å². The largest absolute Gasteiger partial charge is 0.310 e. The lowest BCUT2D eigenvalue weighted by Gasteiger charge is -2.35. The first kappa shape index (κ1) is 6.75. The summed E-state index contributed by atoms with van der Waals surface area (Å²) in [6.45, 7) is 6.51. The van der Waals surface area contributed by atoms with E-state index in [-0.39, 0.29) is 0 Å². The van der Waals surface area contributed by atoms with Crippen LogP contribution in [0.25, 0.3) is 0 Å². The third kappa shape index (κ3) is 1.52. The van der Waals surface area contributed by atoms with Crippen LogP contribution >= 0.6 is 0 Å². The second-order valence-electron chi connectivity index (χ2n) is 2.89. The molecule has 52 valence electrons. The predicted octanol–water partition coefficient (Wildman–Crippen LogP) is 1.26. The molecule has 1 rings (SSSR count). The zero-order valence-electron chi connectivity index (χ0n) is 5.71. The Morgan fingerprint density at radius 1 is 1.78 bits per heavy atom. The number of hydrogen-bond acceptors (Lipinski definition) is 1. The lowest BCUT2D eigenvalue weighted by atomic mass is 9.92. The molecule has 1 heterocycles. The van der Waals surface area contributed by atoms with Crippen LogP contribution in [-0.4, -0.2) is 18.8 Å². The zero-order chi connectivity index (χ0) is 6.91. The van der Waals surface area contributed by atoms with Crippen molar-refractivity contribution in [3.8, 4) is 0 Å². The molecule has 1 saturated heterocycles. The molecule has 0 aromatic rings. The summed E-state index contributed by atoms with van der Waals surface area (Å²) in [7, 11) is 0. The molecule has 0 aromatic carbocycles. The van der Waals surface area contributed by atoms with E-state index in [4.69, 9.17) is 0 Å². The van der Waals surface area contributed by atoms with Crippen LogP contribution in [0.3, 0.4) is 0 Å². The Kier molecular flexibility index (Phi) is 1.58. The van der Waals surface area contributed by atoms with Crippen molar-refractivity contribution in [2.45, 2.75) is 19.0 Å². The molecule has 1 N–H and O–H groups in total. The number of rotatable bonds is 2. The average Bonchev–Trinajstić information content (AvgIpc) is 1.60. The molecule has 0 saturated carbocycles. The van der Waals surface area contributed by atoms with Crippen LogP contribution in [-0.2, 0) is 0 Å². The normalized spacial score (nSPS) is 22.9. The quantitative estimate of drug-likeness (QED) is 0.553. The van der Waals surface area contributed by atoms with Gasteiger partial charge in [0.2, 0.25) is 0 Å². The molecule has 1 nitrogen and oxygen atoms in total. The molecule has 1 aliphatic rings. The van der Waals surface area contributed by atoms with Gasteiger partial charge in [0.15, 0.2) is 0 Å². The van der Waals surface area contributed by atoms with Crippen LogP contribution in [0, 0.1) is 0 Å². The number of nitrogens with one attached hydrogen (secondary N) is 1. The first-order valence-electron chi connectivity index (χ1n) is 3.16. The molecular weight excluding hydrogens is 117 g/mol. The van der Waals surface area contributed by atoms with E-state index < -0.39 is 5.67 Å². The summed E-state index contributed by atoms with van der Waals surface area (Å²) in [6, 6.07) is 0. The molecule has 0 aliphatic carbocycles. The second-order valence-corrected chi connectivity index (χ2v) is 2.89. The molecule has 0 amide bonds. The van der Waals surface area contributed by atoms with E-state index in [1.54, 1.807) is 0 Å². The minimum atomic E-state index is -0.966. The van der Waals surface area contributed by atoms with Gasteiger partial charge in [0, 0.05) is 19.5 Å². The third-order valence-corrected chi connectivity index (χ3v) is 1.50. The molecule has 0 radical (unpaired) electrons. The van der Waals surface area contributed by atoms with Gasteiger partial charge >= 0.3 is 0 Å². The van der Waals surface area contributed by atoms with E-state index in [2.05, 4.69) is 11.9 Å². The Labute approximate surface area is 54.9 Å². The molecular formula is C7H12FN. The van der Waals surface area contributed by atoms with Crippen LogP contribution in [0.4, 0.5) is 4.39 Å². The zero-order valence-corrected chi connectivity index (χ0v) is 5.71. The van der Waals surface area contributed by atoms with Gasteiger partial charge < -0.3 is 5.32 Å². The Morgan fingerprint density at radius 2 is 2.33 bits per heavy atom. The fourth-order valence-electron chi connectivity index (χ4n) is 1.06. The van der Waals surface area contributed by atoms with Crippen LogP contribution in [0.15, 0.2) is 12.2 Å². The summed E-state index contributed by atoms with van der Waals surface area (Å²) in [5, 5.41) is 2.89. The van der Waals surface area contributed by atoms with Gasteiger partial charge in [-0.25, -0.2) is 4.39 Å². The van der Waals surface area contributed by atoms with Gasteiger partial charge in [0.25, 0.3) is 0 Å². The van der Waals surface area contributed by atoms with Gasteiger partial charge in [-0.2, -0.15) is 0 Å².